The number of hydroxylamine groups is 2. The Labute approximate surface area is 204 Å². The summed E-state index contributed by atoms with van der Waals surface area (Å²) in [6.45, 7) is 1.14. The smallest absolute Gasteiger partial charge is 0.227 e. The minimum atomic E-state index is -0.767. The number of pyridine rings is 2. The molecule has 0 spiro atoms. The van der Waals surface area contributed by atoms with Crippen LogP contribution in [0.1, 0.15) is 27.0 Å². The molecule has 0 aromatic carbocycles. The monoisotopic (exact) mass is 486 g/mol. The van der Waals surface area contributed by atoms with Crippen LogP contribution in [-0.4, -0.2) is 72.8 Å². The minimum absolute atomic E-state index is 0. The number of anilines is 3. The Morgan fingerprint density at radius 3 is 2.54 bits per heavy atom. The molecule has 1 aliphatic rings. The number of nitrogens with zero attached hydrogens (tertiary/aromatic N) is 7. The first-order valence-electron chi connectivity index (χ1n) is 11.0. The lowest BCUT2D eigenvalue weighted by Gasteiger charge is -2.21. The molecule has 0 saturated carbocycles. The van der Waals surface area contributed by atoms with E-state index in [1.54, 1.807) is 42.9 Å². The van der Waals surface area contributed by atoms with Crippen molar-refractivity contribution in [1.29, 1.82) is 5.26 Å². The van der Waals surface area contributed by atoms with Crippen LogP contribution < -0.4 is 10.2 Å². The van der Waals surface area contributed by atoms with E-state index in [1.165, 1.54) is 0 Å². The van der Waals surface area contributed by atoms with Crippen molar-refractivity contribution < 1.29 is 23.0 Å². The van der Waals surface area contributed by atoms with Crippen LogP contribution >= 0.6 is 0 Å². The first-order chi connectivity index (χ1) is 16.6. The number of aliphatic hydroxyl groups is 2. The van der Waals surface area contributed by atoms with Crippen molar-refractivity contribution in [3.63, 3.8) is 0 Å². The van der Waals surface area contributed by atoms with E-state index >= 15 is 0 Å². The molecule has 1 aliphatic heterocycles. The van der Waals surface area contributed by atoms with Crippen LogP contribution in [0.5, 0.6) is 0 Å². The molecule has 0 bridgehead atoms. The van der Waals surface area contributed by atoms with Gasteiger partial charge in [-0.15, -0.1) is 0 Å². The van der Waals surface area contributed by atoms with Gasteiger partial charge in [0.25, 0.3) is 0 Å². The standard InChI is InChI=1S/C23H26N8O3.FH.2H2/c24-10-16-9-17(11-27-22(16)30-7-1-2-8-30)21-5-6-25-23(29-21)28-18-3-4-19(26-12-18)13-31(34)20(14-32)15-33;;;/h3-6,9,11-12,20,32-34H,1-2,7-8,13-15H2,(H,25,28,29);3*1H. The van der Waals surface area contributed by atoms with Gasteiger partial charge in [0.05, 0.1) is 54.6 Å². The third kappa shape index (κ3) is 6.23. The molecule has 0 radical (unpaired) electrons. The van der Waals surface area contributed by atoms with Gasteiger partial charge in [-0.25, -0.2) is 15.0 Å². The first-order valence-corrected chi connectivity index (χ1v) is 11.0. The molecular weight excluding hydrogens is 455 g/mol. The van der Waals surface area contributed by atoms with Crippen molar-refractivity contribution in [1.82, 2.24) is 25.0 Å². The third-order valence-corrected chi connectivity index (χ3v) is 5.59. The van der Waals surface area contributed by atoms with E-state index in [0.29, 0.717) is 34.4 Å². The normalized spacial score (nSPS) is 13.1. The van der Waals surface area contributed by atoms with Crippen LogP contribution in [-0.2, 0) is 6.54 Å². The van der Waals surface area contributed by atoms with E-state index in [2.05, 4.69) is 36.2 Å². The Kier molecular flexibility index (Phi) is 8.93. The molecule has 12 heteroatoms. The first kappa shape index (κ1) is 25.9. The maximum Gasteiger partial charge on any atom is 0.227 e. The fraction of sp³-hybridized carbons (Fsp3) is 0.348. The van der Waals surface area contributed by atoms with Crippen molar-refractivity contribution in [2.45, 2.75) is 25.4 Å². The summed E-state index contributed by atoms with van der Waals surface area (Å²) in [6, 6.07) is 8.52. The highest BCUT2D eigenvalue weighted by Crippen LogP contribution is 2.26. The number of hydrogen-bond donors (Lipinski definition) is 4. The van der Waals surface area contributed by atoms with Gasteiger partial charge in [0.15, 0.2) is 0 Å². The van der Waals surface area contributed by atoms with Gasteiger partial charge in [0.2, 0.25) is 5.95 Å². The molecule has 188 valence electrons. The molecule has 3 aromatic heterocycles. The molecule has 0 atom stereocenters. The lowest BCUT2D eigenvalue weighted by molar-refractivity contribution is -0.156. The zero-order valence-electron chi connectivity index (χ0n) is 18.9. The van der Waals surface area contributed by atoms with Crippen molar-refractivity contribution in [2.75, 3.05) is 36.5 Å². The fourth-order valence-electron chi connectivity index (χ4n) is 3.70. The van der Waals surface area contributed by atoms with Crippen molar-refractivity contribution >= 4 is 17.5 Å². The summed E-state index contributed by atoms with van der Waals surface area (Å²) < 4.78 is 0. The average Bonchev–Trinajstić information content (AvgIpc) is 3.41. The van der Waals surface area contributed by atoms with E-state index in [0.717, 1.165) is 36.6 Å². The van der Waals surface area contributed by atoms with Gasteiger partial charge in [-0.3, -0.25) is 9.69 Å². The molecule has 3 aromatic rings. The molecule has 4 heterocycles. The largest absolute Gasteiger partial charge is 0.395 e. The maximum atomic E-state index is 9.93. The summed E-state index contributed by atoms with van der Waals surface area (Å²) in [6.07, 6.45) is 7.14. The summed E-state index contributed by atoms with van der Waals surface area (Å²) in [7, 11) is 0. The van der Waals surface area contributed by atoms with E-state index in [4.69, 9.17) is 10.2 Å². The van der Waals surface area contributed by atoms with Crippen LogP contribution in [0.2, 0.25) is 0 Å². The summed E-state index contributed by atoms with van der Waals surface area (Å²) >= 11 is 0. The van der Waals surface area contributed by atoms with Gasteiger partial charge in [-0.2, -0.15) is 10.3 Å². The molecule has 1 fully saturated rings. The van der Waals surface area contributed by atoms with Crippen LogP contribution in [0, 0.1) is 11.3 Å². The van der Waals surface area contributed by atoms with Crippen molar-refractivity contribution in [3.8, 4) is 17.3 Å². The van der Waals surface area contributed by atoms with Gasteiger partial charge in [-0.1, -0.05) is 0 Å². The Morgan fingerprint density at radius 2 is 1.89 bits per heavy atom. The summed E-state index contributed by atoms with van der Waals surface area (Å²) in [5, 5.41) is 41.8. The van der Waals surface area contributed by atoms with Gasteiger partial charge in [0.1, 0.15) is 11.9 Å². The highest BCUT2D eigenvalue weighted by molar-refractivity contribution is 5.67. The minimum Gasteiger partial charge on any atom is -0.395 e. The quantitative estimate of drug-likeness (QED) is 0.329. The Bertz CT molecular complexity index is 1160. The number of rotatable bonds is 9. The van der Waals surface area contributed by atoms with Crippen LogP contribution in [0.4, 0.5) is 22.2 Å². The van der Waals surface area contributed by atoms with Crippen molar-refractivity contribution in [2.24, 2.45) is 0 Å². The lowest BCUT2D eigenvalue weighted by atomic mass is 10.1. The second-order valence-electron chi connectivity index (χ2n) is 7.95. The number of halogens is 1. The zero-order chi connectivity index (χ0) is 23.9. The summed E-state index contributed by atoms with van der Waals surface area (Å²) in [4.78, 5) is 19.7. The van der Waals surface area contributed by atoms with Crippen LogP contribution in [0.25, 0.3) is 11.3 Å². The summed E-state index contributed by atoms with van der Waals surface area (Å²) in [5.41, 5.74) is 3.09. The Hall–Kier alpha value is -3.76. The van der Waals surface area contributed by atoms with E-state index < -0.39 is 6.04 Å². The number of hydrogen-bond acceptors (Lipinski definition) is 11. The Balaban J connectivity index is 0.00000228. The topological polar surface area (TPSA) is 155 Å². The molecule has 1 saturated heterocycles. The number of aliphatic hydroxyl groups excluding tert-OH is 2. The Morgan fingerprint density at radius 1 is 1.11 bits per heavy atom. The second-order valence-corrected chi connectivity index (χ2v) is 7.95. The zero-order valence-corrected chi connectivity index (χ0v) is 18.9. The molecule has 4 rings (SSSR count). The number of nitrogens with one attached hydrogen (secondary N) is 1. The molecule has 0 amide bonds. The summed E-state index contributed by atoms with van der Waals surface area (Å²) in [5.74, 6) is 1.08. The van der Waals surface area contributed by atoms with Crippen LogP contribution in [0.3, 0.4) is 0 Å². The SMILES string of the molecule is F.N#Cc1cc(-c2ccnc(Nc3ccc(CN(O)C(CO)CO)nc3)n2)cnc1N1CCCC1.[HH].[HH]. The van der Waals surface area contributed by atoms with Gasteiger partial charge in [0, 0.05) is 33.9 Å². The average molecular weight is 487 g/mol. The van der Waals surface area contributed by atoms with E-state index in [1.807, 2.05) is 0 Å². The maximum absolute atomic E-state index is 9.93. The van der Waals surface area contributed by atoms with Gasteiger partial charge < -0.3 is 25.6 Å². The molecule has 35 heavy (non-hydrogen) atoms. The predicted molar refractivity (Wildman–Crippen MR) is 131 cm³/mol. The highest BCUT2D eigenvalue weighted by Gasteiger charge is 2.18. The second kappa shape index (κ2) is 12.1. The van der Waals surface area contributed by atoms with Crippen molar-refractivity contribution in [3.05, 3.63) is 54.1 Å². The molecule has 0 aliphatic carbocycles. The fourth-order valence-corrected chi connectivity index (χ4v) is 3.70. The number of aromatic nitrogens is 4. The van der Waals surface area contributed by atoms with E-state index in [9.17, 15) is 10.5 Å². The molecular formula is C23H31FN8O3. The van der Waals surface area contributed by atoms with Gasteiger partial charge >= 0.3 is 0 Å². The third-order valence-electron chi connectivity index (χ3n) is 5.59. The highest BCUT2D eigenvalue weighted by atomic mass is 19.0. The van der Waals surface area contributed by atoms with E-state index in [-0.39, 0.29) is 27.3 Å². The predicted octanol–water partition coefficient (Wildman–Crippen LogP) is 2.34. The van der Waals surface area contributed by atoms with Crippen LogP contribution in [0.15, 0.2) is 42.9 Å². The van der Waals surface area contributed by atoms with Gasteiger partial charge in [-0.05, 0) is 37.1 Å². The molecule has 0 unspecified atom stereocenters. The molecule has 4 N–H and O–H groups in total. The molecule has 11 nitrogen and oxygen atoms in total. The number of nitriles is 1. The lowest BCUT2D eigenvalue weighted by Crippen LogP contribution is -2.37.